The Bertz CT molecular complexity index is 410. The fraction of sp³-hybridized carbons (Fsp3) is 0.273. The van der Waals surface area contributed by atoms with E-state index in [2.05, 4.69) is 5.10 Å². The van der Waals surface area contributed by atoms with Crippen LogP contribution in [0.5, 0.6) is 11.5 Å². The minimum Gasteiger partial charge on any atom is -0.490 e. The van der Waals surface area contributed by atoms with Crippen LogP contribution in [0.4, 0.5) is 0 Å². The van der Waals surface area contributed by atoms with Crippen molar-refractivity contribution >= 4 is 6.21 Å². The Balaban J connectivity index is 2.94. The first kappa shape index (κ1) is 11.9. The van der Waals surface area contributed by atoms with Crippen molar-refractivity contribution in [2.24, 2.45) is 10.9 Å². The Labute approximate surface area is 94.1 Å². The molecule has 0 aliphatic heterocycles. The van der Waals surface area contributed by atoms with E-state index in [9.17, 15) is 0 Å². The van der Waals surface area contributed by atoms with Crippen LogP contribution in [0.15, 0.2) is 23.3 Å². The second-order valence-corrected chi connectivity index (χ2v) is 2.86. The number of ether oxygens (including phenoxy) is 2. The van der Waals surface area contributed by atoms with Gasteiger partial charge in [0, 0.05) is 0 Å². The number of rotatable bonds is 5. The van der Waals surface area contributed by atoms with Gasteiger partial charge in [-0.1, -0.05) is 0 Å². The standard InChI is InChI=1S/C11H13N3O2/c1-2-15-11-7-9(8-14-13)3-4-10(11)16-6-5-12/h3-4,7-8H,2,6,13H2,1H3. The van der Waals surface area contributed by atoms with Gasteiger partial charge in [-0.2, -0.15) is 10.4 Å². The van der Waals surface area contributed by atoms with E-state index in [0.29, 0.717) is 18.1 Å². The predicted molar refractivity (Wildman–Crippen MR) is 60.5 cm³/mol. The Morgan fingerprint density at radius 3 is 2.88 bits per heavy atom. The molecule has 0 heterocycles. The van der Waals surface area contributed by atoms with Gasteiger partial charge >= 0.3 is 0 Å². The van der Waals surface area contributed by atoms with Gasteiger partial charge < -0.3 is 15.3 Å². The van der Waals surface area contributed by atoms with Gasteiger partial charge in [0.15, 0.2) is 18.1 Å². The molecule has 0 aliphatic rings. The van der Waals surface area contributed by atoms with Gasteiger partial charge in [0.2, 0.25) is 0 Å². The maximum atomic E-state index is 8.43. The van der Waals surface area contributed by atoms with Gasteiger partial charge in [0.25, 0.3) is 0 Å². The highest BCUT2D eigenvalue weighted by molar-refractivity contribution is 5.80. The van der Waals surface area contributed by atoms with Crippen molar-refractivity contribution in [3.63, 3.8) is 0 Å². The molecular weight excluding hydrogens is 206 g/mol. The summed E-state index contributed by atoms with van der Waals surface area (Å²) in [6.45, 7) is 2.38. The van der Waals surface area contributed by atoms with Crippen LogP contribution in [0.1, 0.15) is 12.5 Å². The lowest BCUT2D eigenvalue weighted by Gasteiger charge is -2.10. The molecule has 1 aromatic rings. The average Bonchev–Trinajstić information content (AvgIpc) is 2.29. The molecule has 1 rings (SSSR count). The largest absolute Gasteiger partial charge is 0.490 e. The van der Waals surface area contributed by atoms with E-state index >= 15 is 0 Å². The van der Waals surface area contributed by atoms with Crippen LogP contribution >= 0.6 is 0 Å². The zero-order valence-corrected chi connectivity index (χ0v) is 9.01. The highest BCUT2D eigenvalue weighted by atomic mass is 16.5. The molecule has 0 aromatic heterocycles. The summed E-state index contributed by atoms with van der Waals surface area (Å²) < 4.78 is 10.6. The number of hydrogen-bond acceptors (Lipinski definition) is 5. The van der Waals surface area contributed by atoms with Gasteiger partial charge in [-0.3, -0.25) is 0 Å². The Hall–Kier alpha value is -2.22. The van der Waals surface area contributed by atoms with Crippen molar-refractivity contribution in [1.29, 1.82) is 5.26 Å². The zero-order valence-electron chi connectivity index (χ0n) is 9.01. The molecule has 16 heavy (non-hydrogen) atoms. The SMILES string of the molecule is CCOc1cc(C=NN)ccc1OCC#N. The lowest BCUT2D eigenvalue weighted by Crippen LogP contribution is -2.00. The van der Waals surface area contributed by atoms with Crippen LogP contribution in [0.3, 0.4) is 0 Å². The van der Waals surface area contributed by atoms with E-state index in [1.165, 1.54) is 6.21 Å². The summed E-state index contributed by atoms with van der Waals surface area (Å²) in [4.78, 5) is 0. The summed E-state index contributed by atoms with van der Waals surface area (Å²) in [6.07, 6.45) is 1.51. The van der Waals surface area contributed by atoms with E-state index in [1.807, 2.05) is 13.0 Å². The van der Waals surface area contributed by atoms with Crippen LogP contribution in [0.2, 0.25) is 0 Å². The lowest BCUT2D eigenvalue weighted by atomic mass is 10.2. The van der Waals surface area contributed by atoms with E-state index in [-0.39, 0.29) is 6.61 Å². The molecule has 5 heteroatoms. The van der Waals surface area contributed by atoms with Crippen LogP contribution in [0, 0.1) is 11.3 Å². The summed E-state index contributed by atoms with van der Waals surface area (Å²) in [5.74, 6) is 6.18. The summed E-state index contributed by atoms with van der Waals surface area (Å²) in [7, 11) is 0. The smallest absolute Gasteiger partial charge is 0.174 e. The Morgan fingerprint density at radius 1 is 1.44 bits per heavy atom. The molecule has 0 saturated carbocycles. The molecule has 2 N–H and O–H groups in total. The van der Waals surface area contributed by atoms with Gasteiger partial charge in [-0.15, -0.1) is 0 Å². The van der Waals surface area contributed by atoms with Crippen molar-refractivity contribution in [3.8, 4) is 17.6 Å². The highest BCUT2D eigenvalue weighted by Crippen LogP contribution is 2.27. The number of benzene rings is 1. The van der Waals surface area contributed by atoms with Crippen molar-refractivity contribution in [3.05, 3.63) is 23.8 Å². The van der Waals surface area contributed by atoms with Crippen molar-refractivity contribution in [1.82, 2.24) is 0 Å². The number of hydrazone groups is 1. The van der Waals surface area contributed by atoms with E-state index < -0.39 is 0 Å². The molecule has 0 aliphatic carbocycles. The molecule has 0 radical (unpaired) electrons. The lowest BCUT2D eigenvalue weighted by molar-refractivity contribution is 0.298. The number of nitrogens with zero attached hydrogens (tertiary/aromatic N) is 2. The molecule has 0 bridgehead atoms. The molecule has 0 saturated heterocycles. The summed E-state index contributed by atoms with van der Waals surface area (Å²) >= 11 is 0. The molecule has 0 unspecified atom stereocenters. The number of nitrogens with two attached hydrogens (primary N) is 1. The quantitative estimate of drug-likeness (QED) is 0.459. The third-order valence-corrected chi connectivity index (χ3v) is 1.78. The molecular formula is C11H13N3O2. The summed E-state index contributed by atoms with van der Waals surface area (Å²) in [5.41, 5.74) is 0.815. The minimum absolute atomic E-state index is 0.00952. The topological polar surface area (TPSA) is 80.6 Å². The van der Waals surface area contributed by atoms with Gasteiger partial charge in [0.05, 0.1) is 12.8 Å². The van der Waals surface area contributed by atoms with Crippen LogP contribution in [0.25, 0.3) is 0 Å². The first-order chi connectivity index (χ1) is 7.81. The molecule has 84 valence electrons. The zero-order chi connectivity index (χ0) is 11.8. The number of nitriles is 1. The summed E-state index contributed by atoms with van der Waals surface area (Å²) in [6, 6.07) is 7.16. The fourth-order valence-electron chi connectivity index (χ4n) is 1.19. The average molecular weight is 219 g/mol. The first-order valence-corrected chi connectivity index (χ1v) is 4.81. The molecule has 0 spiro atoms. The van der Waals surface area contributed by atoms with Crippen molar-refractivity contribution in [2.75, 3.05) is 13.2 Å². The number of hydrogen-bond donors (Lipinski definition) is 1. The van der Waals surface area contributed by atoms with E-state index in [4.69, 9.17) is 20.6 Å². The molecule has 0 atom stereocenters. The van der Waals surface area contributed by atoms with Gasteiger partial charge in [-0.25, -0.2) is 0 Å². The fourth-order valence-corrected chi connectivity index (χ4v) is 1.19. The molecule has 1 aromatic carbocycles. The predicted octanol–water partition coefficient (Wildman–Crippen LogP) is 1.28. The Kier molecular flexibility index (Phi) is 4.67. The Morgan fingerprint density at radius 2 is 2.25 bits per heavy atom. The van der Waals surface area contributed by atoms with E-state index in [0.717, 1.165) is 5.56 Å². The second-order valence-electron chi connectivity index (χ2n) is 2.86. The van der Waals surface area contributed by atoms with Gasteiger partial charge in [0.1, 0.15) is 6.07 Å². The maximum Gasteiger partial charge on any atom is 0.174 e. The monoisotopic (exact) mass is 219 g/mol. The molecule has 0 fully saturated rings. The first-order valence-electron chi connectivity index (χ1n) is 4.81. The van der Waals surface area contributed by atoms with Crippen LogP contribution in [-0.4, -0.2) is 19.4 Å². The summed E-state index contributed by atoms with van der Waals surface area (Å²) in [5, 5.41) is 11.9. The minimum atomic E-state index is -0.00952. The third kappa shape index (κ3) is 3.17. The maximum absolute atomic E-state index is 8.43. The molecule has 5 nitrogen and oxygen atoms in total. The van der Waals surface area contributed by atoms with Crippen LogP contribution < -0.4 is 15.3 Å². The highest BCUT2D eigenvalue weighted by Gasteiger charge is 2.05. The normalized spacial score (nSPS) is 10.0. The second kappa shape index (κ2) is 6.30. The van der Waals surface area contributed by atoms with E-state index in [1.54, 1.807) is 18.2 Å². The van der Waals surface area contributed by atoms with Crippen LogP contribution in [-0.2, 0) is 0 Å². The molecule has 0 amide bonds. The third-order valence-electron chi connectivity index (χ3n) is 1.78. The van der Waals surface area contributed by atoms with Gasteiger partial charge in [-0.05, 0) is 30.7 Å². The van der Waals surface area contributed by atoms with Crippen molar-refractivity contribution in [2.45, 2.75) is 6.92 Å². The van der Waals surface area contributed by atoms with Crippen molar-refractivity contribution < 1.29 is 9.47 Å².